The number of carbonyl (C=O) groups is 1. The highest BCUT2D eigenvalue weighted by atomic mass is 32.1. The molecule has 10 nitrogen and oxygen atoms in total. The molecule has 3 aromatic heterocycles. The summed E-state index contributed by atoms with van der Waals surface area (Å²) in [6.07, 6.45) is 4.66. The molecule has 0 radical (unpaired) electrons. The van der Waals surface area contributed by atoms with E-state index in [0.29, 0.717) is 36.5 Å². The van der Waals surface area contributed by atoms with Crippen molar-refractivity contribution in [1.29, 1.82) is 0 Å². The van der Waals surface area contributed by atoms with Crippen LogP contribution in [-0.4, -0.2) is 68.5 Å². The fraction of sp³-hybridized carbons (Fsp3) is 0.514. The quantitative estimate of drug-likeness (QED) is 0.0763. The number of nitrogens with zero attached hydrogens (tertiary/aromatic N) is 6. The van der Waals surface area contributed by atoms with Crippen LogP contribution in [-0.2, 0) is 27.1 Å². The Bertz CT molecular complexity index is 1900. The largest absolute Gasteiger partial charge is 0.461 e. The maximum absolute atomic E-state index is 13.0. The highest BCUT2D eigenvalue weighted by molar-refractivity contribution is 7.17. The van der Waals surface area contributed by atoms with E-state index in [-0.39, 0.29) is 11.6 Å². The molecule has 4 heterocycles. The lowest BCUT2D eigenvalue weighted by Crippen LogP contribution is -2.40. The van der Waals surface area contributed by atoms with Crippen molar-refractivity contribution in [2.24, 2.45) is 4.99 Å². The van der Waals surface area contributed by atoms with E-state index in [2.05, 4.69) is 87.3 Å². The lowest BCUT2D eigenvalue weighted by Gasteiger charge is -2.35. The normalized spacial score (nSPS) is 14.4. The Morgan fingerprint density at radius 1 is 1.10 bits per heavy atom. The topological polar surface area (TPSA) is 104 Å². The van der Waals surface area contributed by atoms with Gasteiger partial charge in [0.2, 0.25) is 0 Å². The number of thiazole rings is 2. The molecule has 0 fully saturated rings. The van der Waals surface area contributed by atoms with Crippen molar-refractivity contribution < 1.29 is 18.7 Å². The third-order valence-corrected chi connectivity index (χ3v) is 17.4. The molecule has 14 heteroatoms. The van der Waals surface area contributed by atoms with Gasteiger partial charge in [0, 0.05) is 32.4 Å². The van der Waals surface area contributed by atoms with E-state index in [1.807, 2.05) is 29.2 Å². The molecular weight excluding hydrogens is 689 g/mol. The lowest BCUT2D eigenvalue weighted by atomic mass is 10.1. The fourth-order valence-electron chi connectivity index (χ4n) is 5.05. The molecule has 1 aromatic carbocycles. The van der Waals surface area contributed by atoms with Crippen LogP contribution in [0.1, 0.15) is 54.2 Å². The first-order valence-electron chi connectivity index (χ1n) is 16.9. The zero-order valence-corrected chi connectivity index (χ0v) is 34.2. The molecule has 0 spiro atoms. The average Bonchev–Trinajstić information content (AvgIpc) is 3.73. The second-order valence-corrected chi connectivity index (χ2v) is 27.4. The van der Waals surface area contributed by atoms with E-state index in [1.54, 1.807) is 18.3 Å². The zero-order chi connectivity index (χ0) is 35.6. The minimum Gasteiger partial charge on any atom is -0.461 e. The van der Waals surface area contributed by atoms with Crippen LogP contribution >= 0.6 is 22.7 Å². The summed E-state index contributed by atoms with van der Waals surface area (Å²) in [6.45, 7) is 24.6. The molecule has 4 aromatic rings. The summed E-state index contributed by atoms with van der Waals surface area (Å²) in [5, 5.41) is 10.1. The third-order valence-electron chi connectivity index (χ3n) is 9.10. The molecule has 0 aliphatic carbocycles. The lowest BCUT2D eigenvalue weighted by molar-refractivity contribution is 0.0520. The maximum Gasteiger partial charge on any atom is 0.358 e. The van der Waals surface area contributed by atoms with Crippen molar-refractivity contribution >= 4 is 78.1 Å². The molecule has 1 aliphatic heterocycles. The van der Waals surface area contributed by atoms with Crippen molar-refractivity contribution in [3.63, 3.8) is 0 Å². The number of para-hydroxylation sites is 1. The number of benzene rings is 1. The summed E-state index contributed by atoms with van der Waals surface area (Å²) in [5.41, 5.74) is 3.47. The predicted molar refractivity (Wildman–Crippen MR) is 207 cm³/mol. The Labute approximate surface area is 300 Å². The second kappa shape index (κ2) is 15.1. The monoisotopic (exact) mass is 738 g/mol. The molecular formula is C35H50N6O4S2Si2. The van der Waals surface area contributed by atoms with E-state index < -0.39 is 22.4 Å². The standard InChI is InChI=1S/C35H50N6O4S2Si2/c1-11-44-32(42)29-28(17-14-20-45-49(9,10)35(3,4)5)47-33(36-29)40-19-18-25-24(2)30(38-39-31(25)40)37-34-41(23-43-21-22-48(6,7)8)26-15-12-13-16-27(26)46-34/h12-17H,11,18-23H2,1-10H3/b17-14+,37-34?. The molecule has 0 saturated carbocycles. The molecule has 0 saturated heterocycles. The molecule has 0 amide bonds. The van der Waals surface area contributed by atoms with Gasteiger partial charge in [0.05, 0.1) is 28.3 Å². The number of anilines is 2. The van der Waals surface area contributed by atoms with Gasteiger partial charge in [-0.25, -0.2) is 9.78 Å². The number of esters is 1. The Hall–Kier alpha value is -3.02. The first-order valence-corrected chi connectivity index (χ1v) is 25.2. The predicted octanol–water partition coefficient (Wildman–Crippen LogP) is 8.71. The highest BCUT2D eigenvalue weighted by Gasteiger charge is 2.37. The first kappa shape index (κ1) is 37.2. The molecule has 0 atom stereocenters. The minimum atomic E-state index is -1.90. The van der Waals surface area contributed by atoms with E-state index in [1.165, 1.54) is 11.3 Å². The van der Waals surface area contributed by atoms with E-state index in [4.69, 9.17) is 23.9 Å². The molecule has 264 valence electrons. The minimum absolute atomic E-state index is 0.116. The smallest absolute Gasteiger partial charge is 0.358 e. The van der Waals surface area contributed by atoms with Crippen molar-refractivity contribution in [2.45, 2.75) is 91.6 Å². The SMILES string of the molecule is CCOC(=O)c1nc(N2CCc3c2nnc(N=c2sc4ccccc4n2COCC[Si](C)(C)C)c3C)sc1/C=C/CO[Si](C)(C)C(C)(C)C. The van der Waals surface area contributed by atoms with Crippen LogP contribution in [0, 0.1) is 6.92 Å². The molecule has 49 heavy (non-hydrogen) atoms. The Morgan fingerprint density at radius 2 is 1.86 bits per heavy atom. The first-order chi connectivity index (χ1) is 23.1. The summed E-state index contributed by atoms with van der Waals surface area (Å²) in [4.78, 5) is 26.4. The molecule has 0 bridgehead atoms. The number of ether oxygens (including phenoxy) is 2. The Balaban J connectivity index is 1.42. The van der Waals surface area contributed by atoms with Gasteiger partial charge >= 0.3 is 5.97 Å². The van der Waals surface area contributed by atoms with Gasteiger partial charge in [-0.1, -0.05) is 81.3 Å². The zero-order valence-electron chi connectivity index (χ0n) is 30.5. The second-order valence-electron chi connectivity index (χ2n) is 15.0. The van der Waals surface area contributed by atoms with Crippen molar-refractivity contribution in [2.75, 3.05) is 31.3 Å². The molecule has 1 aliphatic rings. The van der Waals surface area contributed by atoms with Gasteiger partial charge in [0.25, 0.3) is 0 Å². The van der Waals surface area contributed by atoms with Gasteiger partial charge in [-0.2, -0.15) is 4.99 Å². The van der Waals surface area contributed by atoms with Crippen molar-refractivity contribution in [1.82, 2.24) is 19.7 Å². The summed E-state index contributed by atoms with van der Waals surface area (Å²) in [7, 11) is -3.10. The summed E-state index contributed by atoms with van der Waals surface area (Å²) >= 11 is 3.07. The maximum atomic E-state index is 13.0. The fourth-order valence-corrected chi connectivity index (χ4v) is 8.78. The van der Waals surface area contributed by atoms with Gasteiger partial charge < -0.3 is 18.8 Å². The van der Waals surface area contributed by atoms with Crippen LogP contribution in [0.5, 0.6) is 0 Å². The number of fused-ring (bicyclic) bond motifs is 2. The number of hydrogen-bond acceptors (Lipinski definition) is 11. The van der Waals surface area contributed by atoms with Gasteiger partial charge in [0.1, 0.15) is 6.73 Å². The van der Waals surface area contributed by atoms with Gasteiger partial charge in [-0.3, -0.25) is 4.57 Å². The van der Waals surface area contributed by atoms with E-state index >= 15 is 0 Å². The average molecular weight is 739 g/mol. The van der Waals surface area contributed by atoms with Crippen molar-refractivity contribution in [3.05, 3.63) is 56.8 Å². The van der Waals surface area contributed by atoms with Crippen molar-refractivity contribution in [3.8, 4) is 0 Å². The summed E-state index contributed by atoms with van der Waals surface area (Å²) in [5.74, 6) is 0.905. The van der Waals surface area contributed by atoms with Gasteiger partial charge in [-0.15, -0.1) is 10.2 Å². The van der Waals surface area contributed by atoms with Crippen LogP contribution in [0.2, 0.25) is 43.8 Å². The Morgan fingerprint density at radius 3 is 2.57 bits per heavy atom. The van der Waals surface area contributed by atoms with Crippen LogP contribution in [0.15, 0.2) is 35.3 Å². The Kier molecular flexibility index (Phi) is 11.5. The van der Waals surface area contributed by atoms with Crippen LogP contribution in [0.25, 0.3) is 16.3 Å². The number of rotatable bonds is 13. The van der Waals surface area contributed by atoms with Crippen LogP contribution in [0.4, 0.5) is 16.8 Å². The number of carbonyl (C=O) groups excluding carboxylic acids is 1. The molecule has 0 unspecified atom stereocenters. The van der Waals surface area contributed by atoms with Crippen LogP contribution in [0.3, 0.4) is 0 Å². The van der Waals surface area contributed by atoms with E-state index in [9.17, 15) is 4.79 Å². The van der Waals surface area contributed by atoms with Gasteiger partial charge in [-0.05, 0) is 62.7 Å². The summed E-state index contributed by atoms with van der Waals surface area (Å²) in [6, 6.07) is 9.42. The number of aromatic nitrogens is 4. The van der Waals surface area contributed by atoms with E-state index in [0.717, 1.165) is 55.9 Å². The third kappa shape index (κ3) is 8.66. The molecule has 5 rings (SSSR count). The van der Waals surface area contributed by atoms with Crippen LogP contribution < -0.4 is 9.70 Å². The van der Waals surface area contributed by atoms with Gasteiger partial charge in [0.15, 0.2) is 35.6 Å². The number of hydrogen-bond donors (Lipinski definition) is 0. The highest BCUT2D eigenvalue weighted by Crippen LogP contribution is 2.40. The summed E-state index contributed by atoms with van der Waals surface area (Å²) < 4.78 is 21.1. The molecule has 0 N–H and O–H groups in total.